The Hall–Kier alpha value is -2.13. The van der Waals surface area contributed by atoms with Crippen molar-refractivity contribution in [3.63, 3.8) is 0 Å². The molecule has 1 saturated heterocycles. The second-order valence-corrected chi connectivity index (χ2v) is 6.99. The van der Waals surface area contributed by atoms with E-state index in [2.05, 4.69) is 10.0 Å². The molecule has 10 heteroatoms. The van der Waals surface area contributed by atoms with Crippen molar-refractivity contribution >= 4 is 21.4 Å². The Morgan fingerprint density at radius 1 is 1.32 bits per heavy atom. The molecule has 0 radical (unpaired) electrons. The van der Waals surface area contributed by atoms with Gasteiger partial charge in [0.1, 0.15) is 0 Å². The van der Waals surface area contributed by atoms with Crippen LogP contribution in [0.15, 0.2) is 34.3 Å². The number of hydroxylamine groups is 1. The van der Waals surface area contributed by atoms with Gasteiger partial charge in [-0.05, 0) is 30.5 Å². The van der Waals surface area contributed by atoms with Crippen molar-refractivity contribution in [3.8, 4) is 0 Å². The van der Waals surface area contributed by atoms with E-state index in [4.69, 9.17) is 15.5 Å². The van der Waals surface area contributed by atoms with Crippen LogP contribution in [0.1, 0.15) is 12.8 Å². The zero-order valence-electron chi connectivity index (χ0n) is 11.5. The van der Waals surface area contributed by atoms with Gasteiger partial charge in [0.05, 0.1) is 4.90 Å². The van der Waals surface area contributed by atoms with Crippen LogP contribution in [-0.2, 0) is 19.4 Å². The third kappa shape index (κ3) is 2.64. The van der Waals surface area contributed by atoms with Crippen molar-refractivity contribution in [1.29, 1.82) is 0 Å². The van der Waals surface area contributed by atoms with Crippen LogP contribution in [0, 0.1) is 0 Å². The zero-order valence-corrected chi connectivity index (χ0v) is 12.3. The molecule has 22 heavy (non-hydrogen) atoms. The average Bonchev–Trinajstić information content (AvgIpc) is 2.55. The van der Waals surface area contributed by atoms with Gasteiger partial charge in [-0.15, -0.1) is 0 Å². The van der Waals surface area contributed by atoms with Crippen molar-refractivity contribution < 1.29 is 23.2 Å². The summed E-state index contributed by atoms with van der Waals surface area (Å²) in [5.74, 6) is -0.977. The molecule has 1 amide bonds. The standard InChI is InChI=1S/C12H14N4O5S/c13-16-14-9-1-3-10(4-2-9)22(19,20)12(11(17)15-18)5-7-21-8-6-12/h1-4,18H,5-8H2,(H,15,17). The Morgan fingerprint density at radius 3 is 2.41 bits per heavy atom. The lowest BCUT2D eigenvalue weighted by molar-refractivity contribution is -0.134. The van der Waals surface area contributed by atoms with Crippen molar-refractivity contribution in [2.45, 2.75) is 22.5 Å². The summed E-state index contributed by atoms with van der Waals surface area (Å²) < 4.78 is 29.0. The van der Waals surface area contributed by atoms with E-state index < -0.39 is 20.5 Å². The summed E-state index contributed by atoms with van der Waals surface area (Å²) in [6.45, 7) is 0.201. The average molecular weight is 326 g/mol. The predicted octanol–water partition coefficient (Wildman–Crippen LogP) is 1.46. The molecular formula is C12H14N4O5S. The fourth-order valence-electron chi connectivity index (χ4n) is 2.39. The van der Waals surface area contributed by atoms with Gasteiger partial charge < -0.3 is 4.74 Å². The number of ether oxygens (including phenoxy) is 1. The smallest absolute Gasteiger partial charge is 0.265 e. The Bertz CT molecular complexity index is 704. The van der Waals surface area contributed by atoms with Gasteiger partial charge in [-0.25, -0.2) is 13.9 Å². The molecule has 0 spiro atoms. The number of nitrogens with zero attached hydrogens (tertiary/aromatic N) is 3. The fraction of sp³-hybridized carbons (Fsp3) is 0.417. The monoisotopic (exact) mass is 326 g/mol. The number of hydrogen-bond acceptors (Lipinski definition) is 6. The van der Waals surface area contributed by atoms with Gasteiger partial charge >= 0.3 is 0 Å². The molecule has 0 aromatic heterocycles. The first kappa shape index (κ1) is 16.2. The van der Waals surface area contributed by atoms with E-state index >= 15 is 0 Å². The van der Waals surface area contributed by atoms with Gasteiger partial charge in [0.15, 0.2) is 14.6 Å². The highest BCUT2D eigenvalue weighted by Gasteiger charge is 2.52. The molecule has 0 unspecified atom stereocenters. The molecule has 1 aromatic rings. The summed E-state index contributed by atoms with van der Waals surface area (Å²) in [6, 6.07) is 5.22. The minimum Gasteiger partial charge on any atom is -0.381 e. The highest BCUT2D eigenvalue weighted by molar-refractivity contribution is 7.93. The maximum atomic E-state index is 12.8. The molecule has 0 bridgehead atoms. The summed E-state index contributed by atoms with van der Waals surface area (Å²) in [7, 11) is -4.05. The quantitative estimate of drug-likeness (QED) is 0.283. The number of hydrogen-bond donors (Lipinski definition) is 2. The van der Waals surface area contributed by atoms with E-state index in [1.165, 1.54) is 29.7 Å². The number of carbonyl (C=O) groups is 1. The van der Waals surface area contributed by atoms with Crippen LogP contribution in [0.5, 0.6) is 0 Å². The first-order chi connectivity index (χ1) is 10.5. The van der Waals surface area contributed by atoms with Gasteiger partial charge in [0, 0.05) is 23.8 Å². The third-order valence-electron chi connectivity index (χ3n) is 3.64. The molecule has 1 heterocycles. The Morgan fingerprint density at radius 2 is 1.91 bits per heavy atom. The SMILES string of the molecule is [N-]=[N+]=Nc1ccc(S(=O)(=O)C2(C(=O)NO)CCOCC2)cc1. The Kier molecular flexibility index (Phi) is 4.67. The van der Waals surface area contributed by atoms with Gasteiger partial charge in [-0.1, -0.05) is 17.2 Å². The minimum atomic E-state index is -4.05. The molecule has 0 aliphatic carbocycles. The molecule has 9 nitrogen and oxygen atoms in total. The molecule has 1 aromatic carbocycles. The highest BCUT2D eigenvalue weighted by Crippen LogP contribution is 2.35. The second kappa shape index (κ2) is 6.32. The van der Waals surface area contributed by atoms with Crippen molar-refractivity contribution in [2.75, 3.05) is 13.2 Å². The number of sulfone groups is 1. The van der Waals surface area contributed by atoms with Crippen molar-refractivity contribution in [1.82, 2.24) is 5.48 Å². The van der Waals surface area contributed by atoms with E-state index in [1.807, 2.05) is 0 Å². The Labute approximate surface area is 126 Å². The van der Waals surface area contributed by atoms with Gasteiger partial charge in [-0.3, -0.25) is 10.0 Å². The van der Waals surface area contributed by atoms with E-state index in [-0.39, 0.29) is 36.6 Å². The number of benzene rings is 1. The Balaban J connectivity index is 2.49. The molecule has 1 fully saturated rings. The van der Waals surface area contributed by atoms with Crippen LogP contribution in [0.25, 0.3) is 10.4 Å². The lowest BCUT2D eigenvalue weighted by Gasteiger charge is -2.34. The molecular weight excluding hydrogens is 312 g/mol. The van der Waals surface area contributed by atoms with Gasteiger partial charge in [0.2, 0.25) is 0 Å². The number of amides is 1. The first-order valence-corrected chi connectivity index (χ1v) is 7.88. The fourth-order valence-corrected chi connectivity index (χ4v) is 4.33. The summed E-state index contributed by atoms with van der Waals surface area (Å²) >= 11 is 0. The molecule has 2 N–H and O–H groups in total. The summed E-state index contributed by atoms with van der Waals surface area (Å²) in [5.41, 5.74) is 10.0. The summed E-state index contributed by atoms with van der Waals surface area (Å²) in [6.07, 6.45) is -0.111. The van der Waals surface area contributed by atoms with Gasteiger partial charge in [-0.2, -0.15) is 0 Å². The van der Waals surface area contributed by atoms with Crippen LogP contribution < -0.4 is 5.48 Å². The van der Waals surface area contributed by atoms with Crippen molar-refractivity contribution in [2.24, 2.45) is 5.11 Å². The second-order valence-electron chi connectivity index (χ2n) is 4.73. The lowest BCUT2D eigenvalue weighted by atomic mass is 9.98. The molecule has 0 atom stereocenters. The van der Waals surface area contributed by atoms with E-state index in [9.17, 15) is 13.2 Å². The van der Waals surface area contributed by atoms with Crippen LogP contribution in [-0.4, -0.2) is 37.5 Å². The largest absolute Gasteiger partial charge is 0.381 e. The zero-order chi connectivity index (χ0) is 16.2. The number of carbonyl (C=O) groups excluding carboxylic acids is 1. The number of azide groups is 1. The molecule has 118 valence electrons. The molecule has 2 rings (SSSR count). The van der Waals surface area contributed by atoms with Crippen LogP contribution in [0.2, 0.25) is 0 Å². The lowest BCUT2D eigenvalue weighted by Crippen LogP contribution is -2.54. The first-order valence-electron chi connectivity index (χ1n) is 6.40. The minimum absolute atomic E-state index is 0.0557. The maximum absolute atomic E-state index is 12.8. The highest BCUT2D eigenvalue weighted by atomic mass is 32.2. The maximum Gasteiger partial charge on any atom is 0.265 e. The van der Waals surface area contributed by atoms with Crippen LogP contribution in [0.3, 0.4) is 0 Å². The normalized spacial score (nSPS) is 17.3. The topological polar surface area (TPSA) is 141 Å². The van der Waals surface area contributed by atoms with E-state index in [0.717, 1.165) is 0 Å². The molecule has 0 saturated carbocycles. The van der Waals surface area contributed by atoms with Crippen LogP contribution >= 0.6 is 0 Å². The molecule has 1 aliphatic rings. The van der Waals surface area contributed by atoms with Crippen molar-refractivity contribution in [3.05, 3.63) is 34.7 Å². The number of rotatable bonds is 4. The van der Waals surface area contributed by atoms with E-state index in [1.54, 1.807) is 0 Å². The summed E-state index contributed by atoms with van der Waals surface area (Å²) in [4.78, 5) is 14.5. The summed E-state index contributed by atoms with van der Waals surface area (Å²) in [5, 5.41) is 12.3. The predicted molar refractivity (Wildman–Crippen MR) is 75.1 cm³/mol. The third-order valence-corrected chi connectivity index (χ3v) is 6.15. The molecule has 1 aliphatic heterocycles. The van der Waals surface area contributed by atoms with E-state index in [0.29, 0.717) is 0 Å². The van der Waals surface area contributed by atoms with Crippen LogP contribution in [0.4, 0.5) is 5.69 Å². The van der Waals surface area contributed by atoms with Gasteiger partial charge in [0.25, 0.3) is 5.91 Å². The number of nitrogens with one attached hydrogen (secondary N) is 1.